The van der Waals surface area contributed by atoms with Gasteiger partial charge in [-0.05, 0) is 50.0 Å². The molecule has 0 radical (unpaired) electrons. The van der Waals surface area contributed by atoms with Crippen molar-refractivity contribution in [1.82, 2.24) is 5.32 Å². The number of hydrogen-bond acceptors (Lipinski definition) is 4. The lowest BCUT2D eigenvalue weighted by molar-refractivity contribution is -0.138. The average Bonchev–Trinajstić information content (AvgIpc) is 2.81. The highest BCUT2D eigenvalue weighted by Crippen LogP contribution is 2.30. The number of hydrogen-bond donors (Lipinski definition) is 2. The Morgan fingerprint density at radius 3 is 2.47 bits per heavy atom. The molecular formula is C13H21NO4S. The van der Waals surface area contributed by atoms with Gasteiger partial charge < -0.3 is 15.2 Å². The molecule has 2 aliphatic rings. The van der Waals surface area contributed by atoms with E-state index in [1.165, 1.54) is 0 Å². The van der Waals surface area contributed by atoms with Crippen LogP contribution in [0.3, 0.4) is 0 Å². The van der Waals surface area contributed by atoms with E-state index in [0.717, 1.165) is 37.2 Å². The number of alkyl carbamates (subject to hydrolysis) is 1. The second kappa shape index (κ2) is 6.50. The first-order valence-corrected chi connectivity index (χ1v) is 8.03. The number of aliphatic carboxylic acids is 1. The van der Waals surface area contributed by atoms with Crippen LogP contribution in [0.1, 0.15) is 44.9 Å². The normalized spacial score (nSPS) is 22.9. The number of carbonyl (C=O) groups is 2. The number of carboxylic acid groups (broad SMARTS) is 1. The summed E-state index contributed by atoms with van der Waals surface area (Å²) in [4.78, 5) is 22.9. The zero-order chi connectivity index (χ0) is 13.7. The molecule has 2 N–H and O–H groups in total. The third kappa shape index (κ3) is 4.30. The van der Waals surface area contributed by atoms with Crippen molar-refractivity contribution in [2.45, 2.75) is 56.6 Å². The van der Waals surface area contributed by atoms with E-state index in [1.807, 2.05) is 0 Å². The number of amides is 1. The Balaban J connectivity index is 1.90. The van der Waals surface area contributed by atoms with E-state index in [0.29, 0.717) is 12.8 Å². The molecule has 0 unspecified atom stereocenters. The largest absolute Gasteiger partial charge is 0.481 e. The Bertz CT molecular complexity index is 336. The summed E-state index contributed by atoms with van der Waals surface area (Å²) in [5.74, 6) is 0.904. The van der Waals surface area contributed by atoms with Crippen LogP contribution in [0.25, 0.3) is 0 Å². The first kappa shape index (κ1) is 14.5. The first-order chi connectivity index (χ1) is 9.10. The van der Waals surface area contributed by atoms with Crippen molar-refractivity contribution >= 4 is 23.8 Å². The molecule has 0 aromatic heterocycles. The molecule has 1 aliphatic carbocycles. The van der Waals surface area contributed by atoms with Crippen LogP contribution in [0.15, 0.2) is 0 Å². The maximum absolute atomic E-state index is 11.9. The molecule has 0 aromatic carbocycles. The summed E-state index contributed by atoms with van der Waals surface area (Å²) >= 11 is 1.80. The molecule has 1 saturated carbocycles. The van der Waals surface area contributed by atoms with Gasteiger partial charge in [0.15, 0.2) is 0 Å². The smallest absolute Gasteiger partial charge is 0.407 e. The first-order valence-electron chi connectivity index (χ1n) is 6.88. The van der Waals surface area contributed by atoms with Crippen LogP contribution in [0.4, 0.5) is 4.79 Å². The third-order valence-electron chi connectivity index (χ3n) is 3.88. The Hall–Kier alpha value is -0.910. The second-order valence-corrected chi connectivity index (χ2v) is 6.62. The van der Waals surface area contributed by atoms with E-state index in [2.05, 4.69) is 5.32 Å². The molecular weight excluding hydrogens is 266 g/mol. The van der Waals surface area contributed by atoms with Crippen molar-refractivity contribution in [2.24, 2.45) is 0 Å². The van der Waals surface area contributed by atoms with E-state index in [-0.39, 0.29) is 12.5 Å². The summed E-state index contributed by atoms with van der Waals surface area (Å²) in [6, 6.07) is 0. The predicted molar refractivity (Wildman–Crippen MR) is 73.4 cm³/mol. The number of nitrogens with one attached hydrogen (secondary N) is 1. The molecule has 2 fully saturated rings. The number of carbonyl (C=O) groups excluding carboxylic acids is 1. The van der Waals surface area contributed by atoms with Gasteiger partial charge in [-0.25, -0.2) is 4.79 Å². The van der Waals surface area contributed by atoms with Crippen LogP contribution in [0.5, 0.6) is 0 Å². The van der Waals surface area contributed by atoms with Crippen LogP contribution in [0, 0.1) is 0 Å². The van der Waals surface area contributed by atoms with Crippen LogP contribution >= 0.6 is 11.8 Å². The summed E-state index contributed by atoms with van der Waals surface area (Å²) in [5.41, 5.74) is -0.618. The SMILES string of the molecule is O=C(O)CC1(NC(=O)OC2CCCC2)CCSCC1. The lowest BCUT2D eigenvalue weighted by atomic mass is 9.88. The molecule has 2 rings (SSSR count). The van der Waals surface area contributed by atoms with Gasteiger partial charge in [0, 0.05) is 0 Å². The fourth-order valence-corrected chi connectivity index (χ4v) is 4.08. The van der Waals surface area contributed by atoms with Gasteiger partial charge in [-0.3, -0.25) is 4.79 Å². The van der Waals surface area contributed by atoms with Crippen molar-refractivity contribution in [3.8, 4) is 0 Å². The van der Waals surface area contributed by atoms with E-state index < -0.39 is 17.6 Å². The molecule has 1 amide bonds. The predicted octanol–water partition coefficient (Wildman–Crippen LogP) is 2.40. The molecule has 1 aliphatic heterocycles. The Kier molecular flexibility index (Phi) is 4.96. The maximum Gasteiger partial charge on any atom is 0.407 e. The highest BCUT2D eigenvalue weighted by atomic mass is 32.2. The monoisotopic (exact) mass is 287 g/mol. The standard InChI is InChI=1S/C13H21NO4S/c15-11(16)9-13(5-7-19-8-6-13)14-12(17)18-10-3-1-2-4-10/h10H,1-9H2,(H,14,17)(H,15,16). The van der Waals surface area contributed by atoms with Crippen molar-refractivity contribution in [3.63, 3.8) is 0 Å². The van der Waals surface area contributed by atoms with E-state index in [4.69, 9.17) is 9.84 Å². The van der Waals surface area contributed by atoms with Crippen molar-refractivity contribution in [3.05, 3.63) is 0 Å². The zero-order valence-electron chi connectivity index (χ0n) is 11.0. The highest BCUT2D eigenvalue weighted by Gasteiger charge is 2.37. The fraction of sp³-hybridized carbons (Fsp3) is 0.846. The van der Waals surface area contributed by atoms with Gasteiger partial charge in [0.2, 0.25) is 0 Å². The van der Waals surface area contributed by atoms with Gasteiger partial charge in [-0.2, -0.15) is 11.8 Å². The summed E-state index contributed by atoms with van der Waals surface area (Å²) in [5, 5.41) is 11.9. The quantitative estimate of drug-likeness (QED) is 0.830. The van der Waals surface area contributed by atoms with Gasteiger partial charge in [-0.1, -0.05) is 0 Å². The lowest BCUT2D eigenvalue weighted by Crippen LogP contribution is -2.52. The molecule has 19 heavy (non-hydrogen) atoms. The summed E-state index contributed by atoms with van der Waals surface area (Å²) in [7, 11) is 0. The van der Waals surface area contributed by atoms with Crippen LogP contribution in [0.2, 0.25) is 0 Å². The Morgan fingerprint density at radius 2 is 1.89 bits per heavy atom. The van der Waals surface area contributed by atoms with E-state index in [9.17, 15) is 9.59 Å². The van der Waals surface area contributed by atoms with Gasteiger partial charge in [0.1, 0.15) is 6.10 Å². The molecule has 1 heterocycles. The van der Waals surface area contributed by atoms with Gasteiger partial charge in [0.25, 0.3) is 0 Å². The van der Waals surface area contributed by atoms with Crippen molar-refractivity contribution in [2.75, 3.05) is 11.5 Å². The third-order valence-corrected chi connectivity index (χ3v) is 4.87. The molecule has 6 heteroatoms. The van der Waals surface area contributed by atoms with E-state index in [1.54, 1.807) is 11.8 Å². The number of thioether (sulfide) groups is 1. The number of rotatable bonds is 4. The number of carboxylic acids is 1. The minimum Gasteiger partial charge on any atom is -0.481 e. The van der Waals surface area contributed by atoms with Gasteiger partial charge in [0.05, 0.1) is 12.0 Å². The zero-order valence-corrected chi connectivity index (χ0v) is 11.8. The topological polar surface area (TPSA) is 75.6 Å². The lowest BCUT2D eigenvalue weighted by Gasteiger charge is -2.36. The molecule has 0 aromatic rings. The minimum atomic E-state index is -0.868. The van der Waals surface area contributed by atoms with Crippen LogP contribution in [-0.4, -0.2) is 40.3 Å². The number of ether oxygens (including phenoxy) is 1. The molecule has 1 saturated heterocycles. The fourth-order valence-electron chi connectivity index (χ4n) is 2.80. The summed E-state index contributed by atoms with van der Waals surface area (Å²) < 4.78 is 5.37. The Morgan fingerprint density at radius 1 is 1.26 bits per heavy atom. The highest BCUT2D eigenvalue weighted by molar-refractivity contribution is 7.99. The van der Waals surface area contributed by atoms with Gasteiger partial charge >= 0.3 is 12.1 Å². The molecule has 0 atom stereocenters. The summed E-state index contributed by atoms with van der Waals surface area (Å²) in [6.07, 6.45) is 5.01. The van der Waals surface area contributed by atoms with Crippen molar-refractivity contribution in [1.29, 1.82) is 0 Å². The molecule has 0 bridgehead atoms. The minimum absolute atomic E-state index is 0.0137. The van der Waals surface area contributed by atoms with Crippen LogP contribution < -0.4 is 5.32 Å². The van der Waals surface area contributed by atoms with E-state index >= 15 is 0 Å². The molecule has 0 spiro atoms. The molecule has 108 valence electrons. The van der Waals surface area contributed by atoms with Crippen molar-refractivity contribution < 1.29 is 19.4 Å². The van der Waals surface area contributed by atoms with Crippen LogP contribution in [-0.2, 0) is 9.53 Å². The maximum atomic E-state index is 11.9. The molecule has 5 nitrogen and oxygen atoms in total. The second-order valence-electron chi connectivity index (χ2n) is 5.40. The average molecular weight is 287 g/mol. The Labute approximate surface area is 117 Å². The summed E-state index contributed by atoms with van der Waals surface area (Å²) in [6.45, 7) is 0. The van der Waals surface area contributed by atoms with Gasteiger partial charge in [-0.15, -0.1) is 0 Å².